The molecular weight excluding hydrogens is 358 g/mol. The quantitative estimate of drug-likeness (QED) is 0.643. The lowest BCUT2D eigenvalue weighted by Gasteiger charge is -2.14. The first kappa shape index (κ1) is 19.4. The Hall–Kier alpha value is -3.41. The van der Waals surface area contributed by atoms with Crippen molar-refractivity contribution < 1.29 is 24.2 Å². The molecule has 28 heavy (non-hydrogen) atoms. The molecule has 3 aromatic rings. The molecule has 1 heterocycles. The third-order valence-electron chi connectivity index (χ3n) is 4.42. The van der Waals surface area contributed by atoms with E-state index in [0.29, 0.717) is 22.1 Å². The van der Waals surface area contributed by atoms with Crippen molar-refractivity contribution in [3.63, 3.8) is 0 Å². The molecule has 0 saturated heterocycles. The minimum Gasteiger partial charge on any atom is -0.550 e. The van der Waals surface area contributed by atoms with Crippen molar-refractivity contribution in [2.24, 2.45) is 4.99 Å². The third-order valence-corrected chi connectivity index (χ3v) is 4.42. The van der Waals surface area contributed by atoms with E-state index in [-0.39, 0.29) is 6.42 Å². The first-order valence-electron chi connectivity index (χ1n) is 8.89. The van der Waals surface area contributed by atoms with Gasteiger partial charge in [0.25, 0.3) is 0 Å². The van der Waals surface area contributed by atoms with Gasteiger partial charge in [-0.3, -0.25) is 4.99 Å². The van der Waals surface area contributed by atoms with Crippen molar-refractivity contribution in [1.29, 1.82) is 0 Å². The Morgan fingerprint density at radius 2 is 1.68 bits per heavy atom. The maximum Gasteiger partial charge on any atom is 0.136 e. The fourth-order valence-electron chi connectivity index (χ4n) is 2.91. The van der Waals surface area contributed by atoms with E-state index < -0.39 is 24.4 Å². The Kier molecular flexibility index (Phi) is 5.59. The molecule has 0 aliphatic heterocycles. The maximum atomic E-state index is 11.5. The van der Waals surface area contributed by atoms with E-state index >= 15 is 0 Å². The first-order chi connectivity index (χ1) is 13.3. The van der Waals surface area contributed by atoms with Crippen LogP contribution >= 0.6 is 0 Å². The second kappa shape index (κ2) is 8.08. The van der Waals surface area contributed by atoms with Crippen LogP contribution in [-0.2, 0) is 9.59 Å². The van der Waals surface area contributed by atoms with Crippen LogP contribution in [0.3, 0.4) is 0 Å². The average Bonchev–Trinajstić information content (AvgIpc) is 2.65. The number of carbonyl (C=O) groups is 2. The van der Waals surface area contributed by atoms with Crippen LogP contribution in [0.1, 0.15) is 24.0 Å². The topological polar surface area (TPSA) is 106 Å². The van der Waals surface area contributed by atoms with Crippen molar-refractivity contribution in [2.75, 3.05) is 0 Å². The number of benzene rings is 2. The number of aryl methyl sites for hydroxylation is 2. The summed E-state index contributed by atoms with van der Waals surface area (Å²) in [5.41, 5.74) is 3.44. The van der Waals surface area contributed by atoms with Gasteiger partial charge in [-0.1, -0.05) is 41.5 Å². The summed E-state index contributed by atoms with van der Waals surface area (Å²) in [5, 5.41) is 23.3. The molecule has 0 aliphatic carbocycles. The van der Waals surface area contributed by atoms with Gasteiger partial charge in [0.15, 0.2) is 0 Å². The van der Waals surface area contributed by atoms with Crippen LogP contribution in [0.4, 0.5) is 0 Å². The Morgan fingerprint density at radius 1 is 1.00 bits per heavy atom. The Balaban J connectivity index is 2.20. The minimum absolute atomic E-state index is 0.204. The van der Waals surface area contributed by atoms with E-state index in [1.165, 1.54) is 0 Å². The number of carboxylic acid groups (broad SMARTS) is 2. The van der Waals surface area contributed by atoms with Crippen LogP contribution in [0.25, 0.3) is 22.3 Å². The molecule has 0 bridgehead atoms. The van der Waals surface area contributed by atoms with Gasteiger partial charge in [-0.05, 0) is 38.8 Å². The van der Waals surface area contributed by atoms with E-state index in [1.807, 2.05) is 50.2 Å². The largest absolute Gasteiger partial charge is 0.550 e. The van der Waals surface area contributed by atoms with Crippen molar-refractivity contribution in [2.45, 2.75) is 32.7 Å². The average molecular weight is 377 g/mol. The first-order valence-corrected chi connectivity index (χ1v) is 8.89. The summed E-state index contributed by atoms with van der Waals surface area (Å²) < 4.78 is 6.00. The van der Waals surface area contributed by atoms with E-state index in [1.54, 1.807) is 12.1 Å². The summed E-state index contributed by atoms with van der Waals surface area (Å²) in [6.07, 6.45) is -0.620. The molecule has 0 radical (unpaired) electrons. The van der Waals surface area contributed by atoms with Gasteiger partial charge < -0.3 is 24.2 Å². The number of aliphatic carboxylic acids is 2. The predicted molar refractivity (Wildman–Crippen MR) is 99.7 cm³/mol. The summed E-state index contributed by atoms with van der Waals surface area (Å²) in [6, 6.07) is 13.6. The van der Waals surface area contributed by atoms with Gasteiger partial charge >= 0.3 is 0 Å². The molecule has 144 valence electrons. The highest BCUT2D eigenvalue weighted by molar-refractivity contribution is 5.80. The molecule has 0 aliphatic rings. The molecule has 0 spiro atoms. The van der Waals surface area contributed by atoms with Crippen molar-refractivity contribution in [3.05, 3.63) is 65.0 Å². The molecule has 0 unspecified atom stereocenters. The second-order valence-corrected chi connectivity index (χ2v) is 6.74. The number of nitrogens with zero attached hydrogens (tertiary/aromatic N) is 1. The molecule has 0 N–H and O–H groups in total. The van der Waals surface area contributed by atoms with Gasteiger partial charge in [0, 0.05) is 23.0 Å². The molecule has 3 rings (SSSR count). The monoisotopic (exact) mass is 377 g/mol. The van der Waals surface area contributed by atoms with Gasteiger partial charge in [-0.15, -0.1) is 0 Å². The van der Waals surface area contributed by atoms with Gasteiger partial charge in [-0.2, -0.15) is 0 Å². The summed E-state index contributed by atoms with van der Waals surface area (Å²) >= 11 is 0. The number of hydrogen-bond donors (Lipinski definition) is 0. The molecular formula is C22H19NO5-2. The van der Waals surface area contributed by atoms with Crippen LogP contribution < -0.4 is 15.6 Å². The number of fused-ring (bicyclic) bond motifs is 1. The lowest BCUT2D eigenvalue weighted by molar-refractivity contribution is -0.309. The number of carbonyl (C=O) groups excluding carboxylic acids is 2. The molecule has 0 amide bonds. The second-order valence-electron chi connectivity index (χ2n) is 6.74. The smallest absolute Gasteiger partial charge is 0.136 e. The van der Waals surface area contributed by atoms with Crippen molar-refractivity contribution in [1.82, 2.24) is 0 Å². The van der Waals surface area contributed by atoms with Crippen LogP contribution in [0.5, 0.6) is 0 Å². The summed E-state index contributed by atoms with van der Waals surface area (Å²) in [4.78, 5) is 26.5. The SMILES string of the molecule is Cc1ccc(-c2cc(=N[C@@H](CCC(=O)[O-])C(=O)[O-])c3cc(C)ccc3o2)cc1. The summed E-state index contributed by atoms with van der Waals surface area (Å²) in [5.74, 6) is -2.22. The standard InChI is InChI=1S/C22H21NO5/c1-13-3-6-15(7-4-13)20-12-18(16-11-14(2)5-9-19(16)28-20)23-17(22(26)27)8-10-21(24)25/h3-7,9,11-12,17H,8,10H2,1-2H3,(H,24,25)(H,26,27)/p-2/t17-/m0/s1. The maximum absolute atomic E-state index is 11.5. The highest BCUT2D eigenvalue weighted by atomic mass is 16.4. The Labute approximate surface area is 161 Å². The van der Waals surface area contributed by atoms with E-state index in [2.05, 4.69) is 4.99 Å². The molecule has 2 aromatic carbocycles. The molecule has 6 heteroatoms. The summed E-state index contributed by atoms with van der Waals surface area (Å²) in [7, 11) is 0. The molecule has 1 aromatic heterocycles. The molecule has 0 fully saturated rings. The van der Waals surface area contributed by atoms with Gasteiger partial charge in [-0.25, -0.2) is 0 Å². The zero-order valence-electron chi connectivity index (χ0n) is 15.6. The van der Waals surface area contributed by atoms with Gasteiger partial charge in [0.1, 0.15) is 11.3 Å². The van der Waals surface area contributed by atoms with Crippen LogP contribution in [-0.4, -0.2) is 18.0 Å². The van der Waals surface area contributed by atoms with Crippen molar-refractivity contribution in [3.8, 4) is 11.3 Å². The van der Waals surface area contributed by atoms with Crippen LogP contribution in [0.2, 0.25) is 0 Å². The number of rotatable bonds is 6. The van der Waals surface area contributed by atoms with E-state index in [9.17, 15) is 19.8 Å². The highest BCUT2D eigenvalue weighted by Crippen LogP contribution is 2.23. The summed E-state index contributed by atoms with van der Waals surface area (Å²) in [6.45, 7) is 3.88. The normalized spacial score (nSPS) is 12.9. The lowest BCUT2D eigenvalue weighted by Crippen LogP contribution is -2.37. The molecule has 1 atom stereocenters. The highest BCUT2D eigenvalue weighted by Gasteiger charge is 2.11. The van der Waals surface area contributed by atoms with Gasteiger partial charge in [0.05, 0.1) is 17.4 Å². The van der Waals surface area contributed by atoms with Crippen molar-refractivity contribution >= 4 is 22.9 Å². The minimum atomic E-state index is -1.43. The molecule has 6 nitrogen and oxygen atoms in total. The van der Waals surface area contributed by atoms with E-state index in [4.69, 9.17) is 4.42 Å². The Bertz CT molecular complexity index is 1100. The lowest BCUT2D eigenvalue weighted by atomic mass is 10.1. The van der Waals surface area contributed by atoms with Crippen LogP contribution in [0.15, 0.2) is 57.9 Å². The number of hydrogen-bond acceptors (Lipinski definition) is 6. The zero-order chi connectivity index (χ0) is 20.3. The van der Waals surface area contributed by atoms with E-state index in [0.717, 1.165) is 16.7 Å². The fraction of sp³-hybridized carbons (Fsp3) is 0.227. The zero-order valence-corrected chi connectivity index (χ0v) is 15.6. The Morgan fingerprint density at radius 3 is 2.32 bits per heavy atom. The fourth-order valence-corrected chi connectivity index (χ4v) is 2.91. The predicted octanol–water partition coefficient (Wildman–Crippen LogP) is 1.27. The third kappa shape index (κ3) is 4.46. The van der Waals surface area contributed by atoms with Gasteiger partial charge in [0.2, 0.25) is 0 Å². The number of carboxylic acids is 2. The van der Waals surface area contributed by atoms with Crippen LogP contribution in [0, 0.1) is 13.8 Å². The molecule has 0 saturated carbocycles.